The number of fused-ring (bicyclic) bond motifs is 1. The summed E-state index contributed by atoms with van der Waals surface area (Å²) in [5, 5.41) is 5.81. The molecule has 0 spiro atoms. The van der Waals surface area contributed by atoms with Gasteiger partial charge in [0.25, 0.3) is 0 Å². The van der Waals surface area contributed by atoms with Gasteiger partial charge in [-0.3, -0.25) is 9.89 Å². The molecule has 0 aromatic carbocycles. The van der Waals surface area contributed by atoms with Crippen molar-refractivity contribution in [1.82, 2.24) is 15.1 Å². The molecule has 2 unspecified atom stereocenters. The second kappa shape index (κ2) is 9.38. The molecule has 0 aliphatic carbocycles. The van der Waals surface area contributed by atoms with Crippen LogP contribution < -0.4 is 5.32 Å². The van der Waals surface area contributed by atoms with E-state index < -0.39 is 0 Å². The van der Waals surface area contributed by atoms with Gasteiger partial charge < -0.3 is 10.2 Å². The summed E-state index contributed by atoms with van der Waals surface area (Å²) in [6.45, 7) is 11.3. The number of nitrogens with one attached hydrogen (secondary N) is 1. The van der Waals surface area contributed by atoms with E-state index in [0.29, 0.717) is 0 Å². The average Bonchev–Trinajstić information content (AvgIpc) is 2.98. The van der Waals surface area contributed by atoms with Crippen molar-refractivity contribution >= 4 is 41.3 Å². The summed E-state index contributed by atoms with van der Waals surface area (Å²) in [4.78, 5) is 11.1. The van der Waals surface area contributed by atoms with Gasteiger partial charge in [0.2, 0.25) is 0 Å². The van der Waals surface area contributed by atoms with Gasteiger partial charge in [-0.15, -0.1) is 35.3 Å². The molecule has 3 heterocycles. The molecule has 2 atom stereocenters. The standard InChI is InChI=1S/C18H30N4S.HI/c1-14-10-15(2)12-22(11-14)18(19-3)20-6-8-21-7-4-17-16(13-21)5-9-23-17;/h5,9,14-15H,4,6-8,10-13H2,1-3H3,(H,19,20);1H. The first-order valence-corrected chi connectivity index (χ1v) is 9.77. The maximum atomic E-state index is 4.51. The molecule has 0 radical (unpaired) electrons. The van der Waals surface area contributed by atoms with Gasteiger partial charge in [0.1, 0.15) is 0 Å². The summed E-state index contributed by atoms with van der Waals surface area (Å²) in [6, 6.07) is 2.29. The minimum atomic E-state index is 0. The Balaban J connectivity index is 0.00000208. The zero-order chi connectivity index (χ0) is 16.2. The molecule has 4 nitrogen and oxygen atoms in total. The Morgan fingerprint density at radius 2 is 2.08 bits per heavy atom. The fraction of sp³-hybridized carbons (Fsp3) is 0.722. The highest BCUT2D eigenvalue weighted by atomic mass is 127. The van der Waals surface area contributed by atoms with Crippen molar-refractivity contribution in [3.05, 3.63) is 21.9 Å². The molecule has 0 amide bonds. The van der Waals surface area contributed by atoms with Crippen LogP contribution in [0.4, 0.5) is 0 Å². The summed E-state index contributed by atoms with van der Waals surface area (Å²) in [6.07, 6.45) is 2.55. The van der Waals surface area contributed by atoms with Crippen LogP contribution >= 0.6 is 35.3 Å². The smallest absolute Gasteiger partial charge is 0.193 e. The van der Waals surface area contributed by atoms with E-state index in [-0.39, 0.29) is 24.0 Å². The highest BCUT2D eigenvalue weighted by Gasteiger charge is 2.24. The minimum Gasteiger partial charge on any atom is -0.355 e. The van der Waals surface area contributed by atoms with Gasteiger partial charge >= 0.3 is 0 Å². The van der Waals surface area contributed by atoms with Gasteiger partial charge in [0.05, 0.1) is 0 Å². The number of hydrogen-bond acceptors (Lipinski definition) is 3. The van der Waals surface area contributed by atoms with Gasteiger partial charge in [-0.2, -0.15) is 0 Å². The van der Waals surface area contributed by atoms with E-state index in [4.69, 9.17) is 0 Å². The predicted octanol–water partition coefficient (Wildman–Crippen LogP) is 3.28. The maximum Gasteiger partial charge on any atom is 0.193 e. The number of halogens is 1. The Hall–Kier alpha value is -0.340. The average molecular weight is 462 g/mol. The summed E-state index contributed by atoms with van der Waals surface area (Å²) in [7, 11) is 1.91. The van der Waals surface area contributed by atoms with E-state index in [1.807, 2.05) is 18.4 Å². The van der Waals surface area contributed by atoms with Crippen LogP contribution in [0.5, 0.6) is 0 Å². The molecule has 1 saturated heterocycles. The number of piperidine rings is 1. The number of guanidine groups is 1. The number of rotatable bonds is 3. The molecular weight excluding hydrogens is 431 g/mol. The van der Waals surface area contributed by atoms with E-state index in [1.165, 1.54) is 24.9 Å². The Bertz CT molecular complexity index is 535. The fourth-order valence-electron chi connectivity index (χ4n) is 3.99. The summed E-state index contributed by atoms with van der Waals surface area (Å²) in [5.41, 5.74) is 1.53. The van der Waals surface area contributed by atoms with E-state index in [0.717, 1.165) is 50.5 Å². The largest absolute Gasteiger partial charge is 0.355 e. The third-order valence-electron chi connectivity index (χ3n) is 4.98. The SMILES string of the molecule is CN=C(NCCN1CCc2sccc2C1)N1CC(C)CC(C)C1.I. The first-order valence-electron chi connectivity index (χ1n) is 8.89. The van der Waals surface area contributed by atoms with Crippen molar-refractivity contribution in [2.24, 2.45) is 16.8 Å². The van der Waals surface area contributed by atoms with Gasteiger partial charge in [0.15, 0.2) is 5.96 Å². The van der Waals surface area contributed by atoms with E-state index >= 15 is 0 Å². The van der Waals surface area contributed by atoms with Crippen LogP contribution in [0.2, 0.25) is 0 Å². The molecule has 136 valence electrons. The zero-order valence-corrected chi connectivity index (χ0v) is 18.3. The van der Waals surface area contributed by atoms with Crippen molar-refractivity contribution in [3.63, 3.8) is 0 Å². The highest BCUT2D eigenvalue weighted by molar-refractivity contribution is 14.0. The minimum absolute atomic E-state index is 0. The molecule has 0 bridgehead atoms. The van der Waals surface area contributed by atoms with Crippen LogP contribution in [0, 0.1) is 11.8 Å². The highest BCUT2D eigenvalue weighted by Crippen LogP contribution is 2.23. The number of nitrogens with zero attached hydrogens (tertiary/aromatic N) is 3. The second-order valence-corrected chi connectivity index (χ2v) is 8.22. The molecule has 24 heavy (non-hydrogen) atoms. The van der Waals surface area contributed by atoms with E-state index in [2.05, 4.69) is 45.4 Å². The second-order valence-electron chi connectivity index (χ2n) is 7.22. The quantitative estimate of drug-likeness (QED) is 0.425. The zero-order valence-electron chi connectivity index (χ0n) is 15.1. The maximum absolute atomic E-state index is 4.51. The van der Waals surface area contributed by atoms with Crippen LogP contribution in [-0.2, 0) is 13.0 Å². The molecule has 1 aromatic rings. The third kappa shape index (κ3) is 5.08. The van der Waals surface area contributed by atoms with Gasteiger partial charge in [-0.05, 0) is 41.7 Å². The number of aliphatic imine (C=N–C) groups is 1. The van der Waals surface area contributed by atoms with E-state index in [1.54, 1.807) is 4.88 Å². The van der Waals surface area contributed by atoms with Gasteiger partial charge in [-0.25, -0.2) is 0 Å². The predicted molar refractivity (Wildman–Crippen MR) is 115 cm³/mol. The Labute approximate surface area is 167 Å². The molecule has 6 heteroatoms. The molecule has 3 rings (SSSR count). The summed E-state index contributed by atoms with van der Waals surface area (Å²) >= 11 is 1.91. The lowest BCUT2D eigenvalue weighted by atomic mass is 9.92. The third-order valence-corrected chi connectivity index (χ3v) is 6.00. The molecule has 1 aromatic heterocycles. The molecule has 1 N–H and O–H groups in total. The molecular formula is C18H31IN4S. The van der Waals surface area contributed by atoms with Crippen molar-refractivity contribution < 1.29 is 0 Å². The van der Waals surface area contributed by atoms with Crippen molar-refractivity contribution in [3.8, 4) is 0 Å². The summed E-state index contributed by atoms with van der Waals surface area (Å²) < 4.78 is 0. The molecule has 0 saturated carbocycles. The van der Waals surface area contributed by atoms with Crippen LogP contribution in [0.3, 0.4) is 0 Å². The van der Waals surface area contributed by atoms with Crippen LogP contribution in [0.1, 0.15) is 30.7 Å². The lowest BCUT2D eigenvalue weighted by Crippen LogP contribution is -2.49. The van der Waals surface area contributed by atoms with Crippen LogP contribution in [0.25, 0.3) is 0 Å². The number of likely N-dealkylation sites (tertiary alicyclic amines) is 1. The van der Waals surface area contributed by atoms with Crippen molar-refractivity contribution in [1.29, 1.82) is 0 Å². The first kappa shape index (κ1) is 20.0. The first-order chi connectivity index (χ1) is 11.2. The number of thiophene rings is 1. The van der Waals surface area contributed by atoms with Crippen LogP contribution in [-0.4, -0.2) is 55.5 Å². The lowest BCUT2D eigenvalue weighted by Gasteiger charge is -2.37. The van der Waals surface area contributed by atoms with Crippen LogP contribution in [0.15, 0.2) is 16.4 Å². The van der Waals surface area contributed by atoms with Crippen molar-refractivity contribution in [2.45, 2.75) is 33.2 Å². The number of hydrogen-bond donors (Lipinski definition) is 1. The topological polar surface area (TPSA) is 30.9 Å². The normalized spacial score (nSPS) is 25.1. The molecule has 1 fully saturated rings. The van der Waals surface area contributed by atoms with E-state index in [9.17, 15) is 0 Å². The molecule has 2 aliphatic heterocycles. The Morgan fingerprint density at radius 1 is 1.33 bits per heavy atom. The van der Waals surface area contributed by atoms with Gasteiger partial charge in [0, 0.05) is 51.2 Å². The monoisotopic (exact) mass is 462 g/mol. The van der Waals surface area contributed by atoms with Crippen molar-refractivity contribution in [2.75, 3.05) is 39.8 Å². The Morgan fingerprint density at radius 3 is 2.79 bits per heavy atom. The Kier molecular flexibility index (Phi) is 7.81. The fourth-order valence-corrected chi connectivity index (χ4v) is 4.88. The molecule has 2 aliphatic rings. The summed E-state index contributed by atoms with van der Waals surface area (Å²) in [5.74, 6) is 2.60. The lowest BCUT2D eigenvalue weighted by molar-refractivity contribution is 0.206. The van der Waals surface area contributed by atoms with Gasteiger partial charge in [-0.1, -0.05) is 13.8 Å².